The van der Waals surface area contributed by atoms with Crippen molar-refractivity contribution in [3.63, 3.8) is 0 Å². The normalized spacial score (nSPS) is 12.4. The number of hydrogen-bond donors (Lipinski definition) is 1. The number of rotatable bonds is 5. The van der Waals surface area contributed by atoms with Gasteiger partial charge in [0, 0.05) is 11.1 Å². The molecule has 0 aliphatic heterocycles. The Hall–Kier alpha value is -1.16. The summed E-state index contributed by atoms with van der Waals surface area (Å²) in [6.07, 6.45) is 1.25. The summed E-state index contributed by atoms with van der Waals surface area (Å²) in [6.45, 7) is 0. The largest absolute Gasteiger partial charge is 0.316 e. The Bertz CT molecular complexity index is 632. The fourth-order valence-corrected chi connectivity index (χ4v) is 2.54. The predicted octanol–water partition coefficient (Wildman–Crippen LogP) is 4.64. The molecule has 0 saturated heterocycles. The summed E-state index contributed by atoms with van der Waals surface area (Å²) in [6, 6.07) is 9.19. The maximum Gasteiger partial charge on any atom is 0.142 e. The van der Waals surface area contributed by atoms with Gasteiger partial charge in [0.25, 0.3) is 0 Å². The zero-order valence-corrected chi connectivity index (χ0v) is 13.0. The van der Waals surface area contributed by atoms with E-state index in [9.17, 15) is 8.78 Å². The van der Waals surface area contributed by atoms with Gasteiger partial charge in [-0.2, -0.15) is 0 Å². The van der Waals surface area contributed by atoms with Crippen molar-refractivity contribution in [2.75, 3.05) is 7.05 Å². The van der Waals surface area contributed by atoms with Gasteiger partial charge in [0.1, 0.15) is 11.6 Å². The summed E-state index contributed by atoms with van der Waals surface area (Å²) in [7, 11) is 1.83. The smallest absolute Gasteiger partial charge is 0.142 e. The van der Waals surface area contributed by atoms with E-state index in [1.54, 1.807) is 18.2 Å². The van der Waals surface area contributed by atoms with Crippen LogP contribution < -0.4 is 5.32 Å². The SMILES string of the molecule is CNC(Cc1ccc(Cl)c(F)c1)Cc1ccc(F)cc1Cl. The molecule has 0 fully saturated rings. The fraction of sp³-hybridized carbons (Fsp3) is 0.250. The zero-order valence-electron chi connectivity index (χ0n) is 11.5. The zero-order chi connectivity index (χ0) is 15.4. The van der Waals surface area contributed by atoms with E-state index >= 15 is 0 Å². The molecule has 1 unspecified atom stereocenters. The van der Waals surface area contributed by atoms with Crippen molar-refractivity contribution in [3.8, 4) is 0 Å². The second-order valence-electron chi connectivity index (χ2n) is 4.88. The van der Waals surface area contributed by atoms with Gasteiger partial charge in [-0.25, -0.2) is 8.78 Å². The summed E-state index contributed by atoms with van der Waals surface area (Å²) < 4.78 is 26.5. The van der Waals surface area contributed by atoms with Crippen LogP contribution in [0.3, 0.4) is 0 Å². The van der Waals surface area contributed by atoms with Gasteiger partial charge in [0.15, 0.2) is 0 Å². The van der Waals surface area contributed by atoms with Gasteiger partial charge in [-0.05, 0) is 55.3 Å². The molecule has 5 heteroatoms. The molecule has 1 atom stereocenters. The molecule has 1 N–H and O–H groups in total. The molecule has 0 aliphatic carbocycles. The molecule has 0 heterocycles. The van der Waals surface area contributed by atoms with Crippen LogP contribution in [0.1, 0.15) is 11.1 Å². The van der Waals surface area contributed by atoms with Crippen molar-refractivity contribution in [2.24, 2.45) is 0 Å². The van der Waals surface area contributed by atoms with Crippen molar-refractivity contribution < 1.29 is 8.78 Å². The van der Waals surface area contributed by atoms with E-state index < -0.39 is 5.82 Å². The summed E-state index contributed by atoms with van der Waals surface area (Å²) in [4.78, 5) is 0. The minimum absolute atomic E-state index is 0.0635. The minimum Gasteiger partial charge on any atom is -0.316 e. The van der Waals surface area contributed by atoms with E-state index in [1.165, 1.54) is 18.2 Å². The lowest BCUT2D eigenvalue weighted by atomic mass is 9.99. The number of benzene rings is 2. The maximum atomic E-state index is 13.5. The monoisotopic (exact) mass is 329 g/mol. The molecule has 0 bridgehead atoms. The van der Waals surface area contributed by atoms with E-state index in [0.717, 1.165) is 11.1 Å². The molecule has 2 aromatic rings. The van der Waals surface area contributed by atoms with E-state index in [1.807, 2.05) is 7.05 Å². The molecule has 0 radical (unpaired) electrons. The van der Waals surface area contributed by atoms with Crippen LogP contribution in [0.4, 0.5) is 8.78 Å². The van der Waals surface area contributed by atoms with Gasteiger partial charge < -0.3 is 5.32 Å². The Kier molecular flexibility index (Phi) is 5.57. The number of nitrogens with one attached hydrogen (secondary N) is 1. The second kappa shape index (κ2) is 7.21. The molecule has 0 aliphatic rings. The van der Waals surface area contributed by atoms with E-state index in [0.29, 0.717) is 17.9 Å². The molecule has 2 rings (SSSR count). The molecule has 0 aromatic heterocycles. The van der Waals surface area contributed by atoms with Crippen LogP contribution in [-0.2, 0) is 12.8 Å². The summed E-state index contributed by atoms with van der Waals surface area (Å²) in [5.41, 5.74) is 1.70. The summed E-state index contributed by atoms with van der Waals surface area (Å²) >= 11 is 11.7. The van der Waals surface area contributed by atoms with Crippen LogP contribution >= 0.6 is 23.2 Å². The first-order valence-corrected chi connectivity index (χ1v) is 7.30. The van der Waals surface area contributed by atoms with Crippen LogP contribution in [0.25, 0.3) is 0 Å². The van der Waals surface area contributed by atoms with Crippen LogP contribution in [0, 0.1) is 11.6 Å². The summed E-state index contributed by atoms with van der Waals surface area (Å²) in [5.74, 6) is -0.784. The molecule has 1 nitrogen and oxygen atoms in total. The van der Waals surface area contributed by atoms with Crippen molar-refractivity contribution in [2.45, 2.75) is 18.9 Å². The first-order valence-electron chi connectivity index (χ1n) is 6.54. The van der Waals surface area contributed by atoms with Crippen LogP contribution in [-0.4, -0.2) is 13.1 Å². The first-order chi connectivity index (χ1) is 9.99. The lowest BCUT2D eigenvalue weighted by molar-refractivity contribution is 0.551. The highest BCUT2D eigenvalue weighted by atomic mass is 35.5. The quantitative estimate of drug-likeness (QED) is 0.842. The van der Waals surface area contributed by atoms with Gasteiger partial charge in [-0.1, -0.05) is 35.3 Å². The lowest BCUT2D eigenvalue weighted by Crippen LogP contribution is -2.30. The Morgan fingerprint density at radius 1 is 1.00 bits per heavy atom. The Balaban J connectivity index is 2.10. The lowest BCUT2D eigenvalue weighted by Gasteiger charge is -2.17. The van der Waals surface area contributed by atoms with Gasteiger partial charge in [-0.15, -0.1) is 0 Å². The van der Waals surface area contributed by atoms with Gasteiger partial charge >= 0.3 is 0 Å². The summed E-state index contributed by atoms with van der Waals surface area (Å²) in [5, 5.41) is 3.68. The number of hydrogen-bond acceptors (Lipinski definition) is 1. The Morgan fingerprint density at radius 2 is 1.76 bits per heavy atom. The van der Waals surface area contributed by atoms with Crippen molar-refractivity contribution in [1.29, 1.82) is 0 Å². The average Bonchev–Trinajstić information content (AvgIpc) is 2.44. The van der Waals surface area contributed by atoms with E-state index in [2.05, 4.69) is 5.32 Å². The Morgan fingerprint density at radius 3 is 2.38 bits per heavy atom. The Labute approximate surface area is 132 Å². The maximum absolute atomic E-state index is 13.5. The molecule has 0 amide bonds. The molecule has 2 aromatic carbocycles. The fourth-order valence-electron chi connectivity index (χ4n) is 2.18. The molecule has 21 heavy (non-hydrogen) atoms. The van der Waals surface area contributed by atoms with Crippen molar-refractivity contribution in [3.05, 3.63) is 69.2 Å². The van der Waals surface area contributed by atoms with E-state index in [-0.39, 0.29) is 16.9 Å². The molecule has 0 spiro atoms. The van der Waals surface area contributed by atoms with Crippen molar-refractivity contribution >= 4 is 23.2 Å². The minimum atomic E-state index is -0.427. The third-order valence-corrected chi connectivity index (χ3v) is 4.01. The highest BCUT2D eigenvalue weighted by Crippen LogP contribution is 2.21. The second-order valence-corrected chi connectivity index (χ2v) is 5.69. The number of likely N-dealkylation sites (N-methyl/N-ethyl adjacent to an activating group) is 1. The third-order valence-electron chi connectivity index (χ3n) is 3.36. The average molecular weight is 330 g/mol. The standard InChI is InChI=1S/C16H15Cl2F2N/c1-21-13(6-10-2-5-14(17)16(20)7-10)8-11-3-4-12(19)9-15(11)18/h2-5,7,9,13,21H,6,8H2,1H3. The first kappa shape index (κ1) is 16.2. The van der Waals surface area contributed by atoms with E-state index in [4.69, 9.17) is 23.2 Å². The van der Waals surface area contributed by atoms with Crippen LogP contribution in [0.2, 0.25) is 10.0 Å². The van der Waals surface area contributed by atoms with Gasteiger partial charge in [0.2, 0.25) is 0 Å². The highest BCUT2D eigenvalue weighted by Gasteiger charge is 2.12. The molecule has 0 saturated carbocycles. The van der Waals surface area contributed by atoms with Gasteiger partial charge in [0.05, 0.1) is 5.02 Å². The highest BCUT2D eigenvalue weighted by molar-refractivity contribution is 6.31. The topological polar surface area (TPSA) is 12.0 Å². The molecular formula is C16H15Cl2F2N. The van der Waals surface area contributed by atoms with Crippen LogP contribution in [0.15, 0.2) is 36.4 Å². The van der Waals surface area contributed by atoms with Crippen molar-refractivity contribution in [1.82, 2.24) is 5.32 Å². The van der Waals surface area contributed by atoms with Crippen LogP contribution in [0.5, 0.6) is 0 Å². The molecule has 112 valence electrons. The van der Waals surface area contributed by atoms with Gasteiger partial charge in [-0.3, -0.25) is 0 Å². The third kappa shape index (κ3) is 4.40. The molecular weight excluding hydrogens is 315 g/mol. The number of halogens is 4. The predicted molar refractivity (Wildman–Crippen MR) is 83.1 cm³/mol.